The second-order valence-corrected chi connectivity index (χ2v) is 32.5. The van der Waals surface area contributed by atoms with Gasteiger partial charge in [-0.05, 0) is 161 Å². The first-order valence-corrected chi connectivity index (χ1v) is 31.4. The molecule has 8 bridgehead atoms. The van der Waals surface area contributed by atoms with Crippen molar-refractivity contribution < 1.29 is 58.6 Å². The highest BCUT2D eigenvalue weighted by Crippen LogP contribution is 2.48. The van der Waals surface area contributed by atoms with Gasteiger partial charge in [0.05, 0.1) is 13.2 Å². The summed E-state index contributed by atoms with van der Waals surface area (Å²) in [6, 6.07) is 17.7. The smallest absolute Gasteiger partial charge is 0.341 e. The topological polar surface area (TPSA) is 186 Å². The molecule has 0 fully saturated rings. The minimum atomic E-state index is -1.12. The van der Waals surface area contributed by atoms with Crippen LogP contribution in [0.4, 0.5) is 0 Å². The molecular formula is C74H108O12. The summed E-state index contributed by atoms with van der Waals surface area (Å²) in [6.45, 7) is 44.3. The molecule has 0 aliphatic heterocycles. The zero-order chi connectivity index (χ0) is 64.8. The molecule has 0 unspecified atom stereocenters. The first kappa shape index (κ1) is 70.7. The van der Waals surface area contributed by atoms with Crippen molar-refractivity contribution in [2.45, 2.75) is 250 Å². The van der Waals surface area contributed by atoms with Crippen LogP contribution < -0.4 is 18.9 Å². The first-order chi connectivity index (χ1) is 39.3. The summed E-state index contributed by atoms with van der Waals surface area (Å²) < 4.78 is 27.6. The maximum absolute atomic E-state index is 12.8. The van der Waals surface area contributed by atoms with Gasteiger partial charge in [0.15, 0.2) is 13.2 Å². The van der Waals surface area contributed by atoms with Crippen LogP contribution in [0.15, 0.2) is 48.5 Å². The zero-order valence-corrected chi connectivity index (χ0v) is 56.4. The van der Waals surface area contributed by atoms with Crippen molar-refractivity contribution >= 4 is 23.9 Å². The van der Waals surface area contributed by atoms with Crippen LogP contribution in [0.25, 0.3) is 0 Å². The Morgan fingerprint density at radius 2 is 0.512 bits per heavy atom. The number of carboxylic acid groups (broad SMARTS) is 4. The monoisotopic (exact) mass is 1190 g/mol. The lowest BCUT2D eigenvalue weighted by Gasteiger charge is -2.36. The Morgan fingerprint density at radius 3 is 0.686 bits per heavy atom. The van der Waals surface area contributed by atoms with Crippen molar-refractivity contribution in [2.75, 3.05) is 26.4 Å². The average molecular weight is 1190 g/mol. The Kier molecular flexibility index (Phi) is 22.7. The Bertz CT molecular complexity index is 2750. The number of carbonyl (C=O) groups is 4. The van der Waals surface area contributed by atoms with Gasteiger partial charge in [0.25, 0.3) is 0 Å². The lowest BCUT2D eigenvalue weighted by Crippen LogP contribution is -2.26. The molecule has 0 amide bonds. The fourth-order valence-electron chi connectivity index (χ4n) is 14.3. The number of carboxylic acids is 4. The van der Waals surface area contributed by atoms with Gasteiger partial charge in [-0.1, -0.05) is 187 Å². The molecule has 0 heterocycles. The van der Waals surface area contributed by atoms with E-state index in [1.807, 2.05) is 0 Å². The van der Waals surface area contributed by atoms with Crippen molar-refractivity contribution in [2.24, 2.45) is 21.7 Å². The van der Waals surface area contributed by atoms with Gasteiger partial charge in [-0.2, -0.15) is 0 Å². The van der Waals surface area contributed by atoms with Crippen LogP contribution in [0.1, 0.15) is 269 Å². The van der Waals surface area contributed by atoms with E-state index in [2.05, 4.69) is 187 Å². The van der Waals surface area contributed by atoms with Gasteiger partial charge in [0.1, 0.15) is 23.0 Å². The van der Waals surface area contributed by atoms with Crippen molar-refractivity contribution in [3.8, 4) is 23.0 Å². The number of hydrogen-bond donors (Lipinski definition) is 4. The minimum Gasteiger partial charge on any atom is -0.493 e. The van der Waals surface area contributed by atoms with E-state index < -0.39 is 47.9 Å². The van der Waals surface area contributed by atoms with E-state index in [0.717, 1.165) is 92.4 Å². The van der Waals surface area contributed by atoms with E-state index in [9.17, 15) is 39.6 Å². The highest BCUT2D eigenvalue weighted by Gasteiger charge is 2.36. The van der Waals surface area contributed by atoms with E-state index in [0.29, 0.717) is 48.7 Å². The van der Waals surface area contributed by atoms with E-state index in [4.69, 9.17) is 18.9 Å². The maximum Gasteiger partial charge on any atom is 0.341 e. The zero-order valence-electron chi connectivity index (χ0n) is 56.4. The normalized spacial score (nSPS) is 13.7. The molecule has 1 aliphatic carbocycles. The molecule has 4 aromatic rings. The number of ether oxygens (including phenoxy) is 4. The summed E-state index contributed by atoms with van der Waals surface area (Å²) in [6.07, 6.45) is 6.10. The van der Waals surface area contributed by atoms with Gasteiger partial charge in [-0.25, -0.2) is 9.59 Å². The van der Waals surface area contributed by atoms with Crippen LogP contribution in [0.3, 0.4) is 0 Å². The molecular weight excluding hydrogens is 1080 g/mol. The third kappa shape index (κ3) is 21.1. The highest BCUT2D eigenvalue weighted by atomic mass is 16.5. The number of fused-ring (bicyclic) bond motifs is 8. The lowest BCUT2D eigenvalue weighted by molar-refractivity contribution is -0.140. The Labute approximate surface area is 516 Å². The fourth-order valence-corrected chi connectivity index (χ4v) is 14.3. The number of unbranched alkanes of at least 4 members (excludes halogenated alkanes) is 2. The summed E-state index contributed by atoms with van der Waals surface area (Å²) >= 11 is 0. The van der Waals surface area contributed by atoms with Crippen molar-refractivity contribution in [1.82, 2.24) is 0 Å². The second kappa shape index (κ2) is 27.6. The standard InChI is InChI=1S/C74H108O12/c1-67(2,3)43-71(13,14)55-33-47-29-51-37-57(73(17,18)45-69(7,8)9)39-53(65(51)85-41-61(79)80)31-49-35-56(72(15,16)44-68(4,5)6)36-50(64(49)84-28-24-22-26-60(77)78)32-54-40-58(74(19,20)46-70(10,11)12)38-52(66(54)86-42-62(81)82)30-48(34-55)63(47)83-27-23-21-25-59(75)76/h33-40H,21-32,41-46H2,1-20H3,(H,75,76)(H,77,78)(H,79,80)(H,81,82). The van der Waals surface area contributed by atoms with E-state index in [-0.39, 0.29) is 84.2 Å². The second-order valence-electron chi connectivity index (χ2n) is 32.5. The number of benzene rings is 4. The predicted octanol–water partition coefficient (Wildman–Crippen LogP) is 17.4. The van der Waals surface area contributed by atoms with Crippen LogP contribution >= 0.6 is 0 Å². The van der Waals surface area contributed by atoms with Crippen molar-refractivity contribution in [1.29, 1.82) is 0 Å². The molecule has 0 saturated heterocycles. The fraction of sp³-hybridized carbons (Fsp3) is 0.622. The lowest BCUT2D eigenvalue weighted by atomic mass is 9.70. The molecule has 0 spiro atoms. The summed E-state index contributed by atoms with van der Waals surface area (Å²) in [7, 11) is 0. The van der Waals surface area contributed by atoms with Gasteiger partial charge >= 0.3 is 23.9 Å². The molecule has 12 nitrogen and oxygen atoms in total. The molecule has 86 heavy (non-hydrogen) atoms. The Balaban J connectivity index is 2.14. The highest BCUT2D eigenvalue weighted by molar-refractivity contribution is 5.70. The largest absolute Gasteiger partial charge is 0.493 e. The SMILES string of the molecule is CC(C)(C)CC(C)(C)c1cc2c(OCCCCC(=O)O)c(c1)Cc1cc(C(C)(C)CC(C)(C)C)cc(c1OCC(=O)O)Cc1cc(C(C)(C)CC(C)(C)C)cc(c1OCCCCC(=O)O)Cc1cc(C(C)(C)CC(C)(C)C)cc(c1OCC(=O)O)C2. The molecule has 0 atom stereocenters. The van der Waals surface area contributed by atoms with Gasteiger partial charge in [0, 0.05) is 38.5 Å². The van der Waals surface area contributed by atoms with E-state index >= 15 is 0 Å². The van der Waals surface area contributed by atoms with Crippen LogP contribution in [0, 0.1) is 21.7 Å². The summed E-state index contributed by atoms with van der Waals surface area (Å²) in [5, 5.41) is 40.4. The number of aliphatic carboxylic acids is 4. The predicted molar refractivity (Wildman–Crippen MR) is 346 cm³/mol. The summed E-state index contributed by atoms with van der Waals surface area (Å²) in [5.74, 6) is -1.86. The summed E-state index contributed by atoms with van der Waals surface area (Å²) in [5.41, 5.74) is 8.89. The minimum absolute atomic E-state index is 0.00743. The van der Waals surface area contributed by atoms with Crippen molar-refractivity contribution in [3.63, 3.8) is 0 Å². The molecule has 1 aliphatic rings. The molecule has 12 heteroatoms. The van der Waals surface area contributed by atoms with Gasteiger partial charge in [-0.3, -0.25) is 9.59 Å². The van der Waals surface area contributed by atoms with Crippen LogP contribution in [0.5, 0.6) is 23.0 Å². The van der Waals surface area contributed by atoms with E-state index in [1.165, 1.54) is 0 Å². The number of rotatable bonds is 26. The third-order valence-electron chi connectivity index (χ3n) is 16.3. The molecule has 5 rings (SSSR count). The first-order valence-electron chi connectivity index (χ1n) is 31.4. The summed E-state index contributed by atoms with van der Waals surface area (Å²) in [4.78, 5) is 49.3. The van der Waals surface area contributed by atoms with E-state index in [1.54, 1.807) is 0 Å². The maximum atomic E-state index is 12.8. The number of hydrogen-bond acceptors (Lipinski definition) is 8. The van der Waals surface area contributed by atoms with Gasteiger partial charge in [-0.15, -0.1) is 0 Å². The molecule has 0 aromatic heterocycles. The van der Waals surface area contributed by atoms with Crippen LogP contribution in [0.2, 0.25) is 0 Å². The molecule has 4 N–H and O–H groups in total. The molecule has 0 radical (unpaired) electrons. The molecule has 476 valence electrons. The molecule has 0 saturated carbocycles. The van der Waals surface area contributed by atoms with Crippen LogP contribution in [-0.4, -0.2) is 70.7 Å². The average Bonchev–Trinajstić information content (AvgIpc) is 1.01. The molecule has 4 aromatic carbocycles. The van der Waals surface area contributed by atoms with Gasteiger partial charge < -0.3 is 39.4 Å². The Hall–Kier alpha value is -6.04. The quantitative estimate of drug-likeness (QED) is 0.0385. The van der Waals surface area contributed by atoms with Crippen LogP contribution in [-0.2, 0) is 66.5 Å². The third-order valence-corrected chi connectivity index (χ3v) is 16.3. The Morgan fingerprint density at radius 1 is 0.314 bits per heavy atom. The van der Waals surface area contributed by atoms with Crippen molar-refractivity contribution in [3.05, 3.63) is 115 Å². The van der Waals surface area contributed by atoms with Gasteiger partial charge in [0.2, 0.25) is 0 Å².